The highest BCUT2D eigenvalue weighted by Crippen LogP contribution is 2.39. The molecular formula is C18H18O2. The molecule has 1 fully saturated rings. The number of hydrogen-bond acceptors (Lipinski definition) is 2. The molecule has 0 radical (unpaired) electrons. The minimum Gasteiger partial charge on any atom is -0.489 e. The van der Waals surface area contributed by atoms with Crippen molar-refractivity contribution in [3.63, 3.8) is 0 Å². The highest BCUT2D eigenvalue weighted by molar-refractivity contribution is 5.86. The first-order valence-corrected chi connectivity index (χ1v) is 7.01. The summed E-state index contributed by atoms with van der Waals surface area (Å²) in [4.78, 5) is 11.2. The van der Waals surface area contributed by atoms with E-state index in [-0.39, 0.29) is 0 Å². The van der Waals surface area contributed by atoms with Crippen LogP contribution in [0.5, 0.6) is 5.75 Å². The van der Waals surface area contributed by atoms with Gasteiger partial charge in [0.25, 0.3) is 0 Å². The van der Waals surface area contributed by atoms with Crippen molar-refractivity contribution in [2.45, 2.75) is 32.3 Å². The van der Waals surface area contributed by atoms with Gasteiger partial charge in [0.05, 0.1) is 0 Å². The lowest BCUT2D eigenvalue weighted by Gasteiger charge is -2.26. The van der Waals surface area contributed by atoms with Crippen LogP contribution in [0.4, 0.5) is 0 Å². The minimum absolute atomic E-state index is 0.342. The van der Waals surface area contributed by atoms with Crippen LogP contribution < -0.4 is 4.74 Å². The van der Waals surface area contributed by atoms with Gasteiger partial charge in [-0.05, 0) is 29.7 Å². The molecule has 1 aliphatic carbocycles. The summed E-state index contributed by atoms with van der Waals surface area (Å²) >= 11 is 0. The predicted octanol–water partition coefficient (Wildman–Crippen LogP) is 4.02. The van der Waals surface area contributed by atoms with E-state index >= 15 is 0 Å². The van der Waals surface area contributed by atoms with Gasteiger partial charge in [0.15, 0.2) is 0 Å². The van der Waals surface area contributed by atoms with Gasteiger partial charge in [-0.2, -0.15) is 0 Å². The van der Waals surface area contributed by atoms with E-state index in [1.807, 2.05) is 18.2 Å². The van der Waals surface area contributed by atoms with E-state index in [4.69, 9.17) is 4.74 Å². The standard InChI is InChI=1S/C18H18O2/c1-13-7-8-17(15-10-16(19)11-15)18(9-13)20-12-14-5-3-2-4-6-14/h2-9,15H,10-12H2,1H3. The molecule has 0 atom stereocenters. The maximum Gasteiger partial charge on any atom is 0.134 e. The van der Waals surface area contributed by atoms with Gasteiger partial charge in [-0.15, -0.1) is 0 Å². The van der Waals surface area contributed by atoms with Gasteiger partial charge >= 0.3 is 0 Å². The Hall–Kier alpha value is -2.09. The Morgan fingerprint density at radius 3 is 2.55 bits per heavy atom. The molecule has 0 saturated heterocycles. The largest absolute Gasteiger partial charge is 0.489 e. The number of hydrogen-bond donors (Lipinski definition) is 0. The van der Waals surface area contributed by atoms with E-state index in [9.17, 15) is 4.79 Å². The van der Waals surface area contributed by atoms with E-state index < -0.39 is 0 Å². The molecule has 0 aromatic heterocycles. The van der Waals surface area contributed by atoms with Crippen molar-refractivity contribution in [1.29, 1.82) is 0 Å². The van der Waals surface area contributed by atoms with E-state index in [1.54, 1.807) is 0 Å². The molecule has 0 amide bonds. The quantitative estimate of drug-likeness (QED) is 0.835. The van der Waals surface area contributed by atoms with E-state index in [2.05, 4.69) is 37.3 Å². The number of benzene rings is 2. The average Bonchev–Trinajstić information content (AvgIpc) is 2.43. The Kier molecular flexibility index (Phi) is 3.55. The Morgan fingerprint density at radius 2 is 1.85 bits per heavy atom. The Bertz CT molecular complexity index is 609. The van der Waals surface area contributed by atoms with E-state index in [0.717, 1.165) is 11.3 Å². The fraction of sp³-hybridized carbons (Fsp3) is 0.278. The number of ether oxygens (including phenoxy) is 1. The number of carbonyl (C=O) groups is 1. The molecule has 0 bridgehead atoms. The maximum absolute atomic E-state index is 11.2. The van der Waals surface area contributed by atoms with Crippen LogP contribution in [0.1, 0.15) is 35.4 Å². The third-order valence-corrected chi connectivity index (χ3v) is 3.79. The zero-order valence-electron chi connectivity index (χ0n) is 11.6. The molecule has 1 saturated carbocycles. The molecule has 2 aromatic rings. The van der Waals surface area contributed by atoms with Crippen molar-refractivity contribution >= 4 is 5.78 Å². The Balaban J connectivity index is 1.77. The molecule has 0 N–H and O–H groups in total. The number of ketones is 1. The van der Waals surface area contributed by atoms with Crippen molar-refractivity contribution in [3.8, 4) is 5.75 Å². The summed E-state index contributed by atoms with van der Waals surface area (Å²) in [6.07, 6.45) is 1.31. The van der Waals surface area contributed by atoms with Gasteiger partial charge in [0.2, 0.25) is 0 Å². The highest BCUT2D eigenvalue weighted by Gasteiger charge is 2.30. The van der Waals surface area contributed by atoms with Gasteiger partial charge in [-0.1, -0.05) is 42.5 Å². The summed E-state index contributed by atoms with van der Waals surface area (Å²) < 4.78 is 5.98. The Morgan fingerprint density at radius 1 is 1.10 bits per heavy atom. The minimum atomic E-state index is 0.342. The van der Waals surface area contributed by atoms with Crippen molar-refractivity contribution in [3.05, 3.63) is 65.2 Å². The first-order valence-electron chi connectivity index (χ1n) is 7.01. The van der Waals surface area contributed by atoms with Crippen molar-refractivity contribution in [1.82, 2.24) is 0 Å². The van der Waals surface area contributed by atoms with Gasteiger partial charge in [-0.25, -0.2) is 0 Å². The summed E-state index contributed by atoms with van der Waals surface area (Å²) in [5.74, 6) is 1.62. The van der Waals surface area contributed by atoms with Crippen molar-refractivity contribution in [2.24, 2.45) is 0 Å². The smallest absolute Gasteiger partial charge is 0.134 e. The van der Waals surface area contributed by atoms with Crippen LogP contribution in [0, 0.1) is 6.92 Å². The Labute approximate surface area is 119 Å². The summed E-state index contributed by atoms with van der Waals surface area (Å²) in [5.41, 5.74) is 3.51. The van der Waals surface area contributed by atoms with Crippen LogP contribution in [-0.2, 0) is 11.4 Å². The lowest BCUT2D eigenvalue weighted by atomic mass is 9.78. The number of aryl methyl sites for hydroxylation is 1. The lowest BCUT2D eigenvalue weighted by molar-refractivity contribution is -0.124. The summed E-state index contributed by atoms with van der Waals surface area (Å²) in [6, 6.07) is 16.4. The van der Waals surface area contributed by atoms with Gasteiger partial charge < -0.3 is 4.74 Å². The predicted molar refractivity (Wildman–Crippen MR) is 78.9 cm³/mol. The van der Waals surface area contributed by atoms with Crippen molar-refractivity contribution < 1.29 is 9.53 Å². The summed E-state index contributed by atoms with van der Waals surface area (Å²) in [6.45, 7) is 2.63. The second kappa shape index (κ2) is 5.49. The molecule has 2 heteroatoms. The third kappa shape index (κ3) is 2.74. The molecule has 102 valence electrons. The molecule has 0 spiro atoms. The zero-order valence-corrected chi connectivity index (χ0v) is 11.6. The van der Waals surface area contributed by atoms with Gasteiger partial charge in [0, 0.05) is 18.8 Å². The molecule has 20 heavy (non-hydrogen) atoms. The van der Waals surface area contributed by atoms with Crippen LogP contribution in [0.15, 0.2) is 48.5 Å². The topological polar surface area (TPSA) is 26.3 Å². The second-order valence-electron chi connectivity index (χ2n) is 5.46. The molecule has 1 aliphatic rings. The summed E-state index contributed by atoms with van der Waals surface area (Å²) in [5, 5.41) is 0. The fourth-order valence-corrected chi connectivity index (χ4v) is 2.55. The van der Waals surface area contributed by atoms with Crippen LogP contribution in [0.25, 0.3) is 0 Å². The van der Waals surface area contributed by atoms with Crippen LogP contribution in [0.3, 0.4) is 0 Å². The summed E-state index contributed by atoms with van der Waals surface area (Å²) in [7, 11) is 0. The highest BCUT2D eigenvalue weighted by atomic mass is 16.5. The third-order valence-electron chi connectivity index (χ3n) is 3.79. The van der Waals surface area contributed by atoms with E-state index in [0.29, 0.717) is 31.1 Å². The van der Waals surface area contributed by atoms with Crippen LogP contribution >= 0.6 is 0 Å². The molecule has 3 rings (SSSR count). The van der Waals surface area contributed by atoms with Crippen molar-refractivity contribution in [2.75, 3.05) is 0 Å². The molecular weight excluding hydrogens is 248 g/mol. The second-order valence-corrected chi connectivity index (χ2v) is 5.46. The van der Waals surface area contributed by atoms with Gasteiger partial charge in [-0.3, -0.25) is 4.79 Å². The number of rotatable bonds is 4. The molecule has 2 nitrogen and oxygen atoms in total. The monoisotopic (exact) mass is 266 g/mol. The molecule has 0 aliphatic heterocycles. The number of carbonyl (C=O) groups excluding carboxylic acids is 1. The molecule has 0 heterocycles. The lowest BCUT2D eigenvalue weighted by Crippen LogP contribution is -2.21. The average molecular weight is 266 g/mol. The van der Waals surface area contributed by atoms with Crippen LogP contribution in [-0.4, -0.2) is 5.78 Å². The number of Topliss-reactive ketones (excluding diaryl/α,β-unsaturated/α-hetero) is 1. The van der Waals surface area contributed by atoms with Crippen LogP contribution in [0.2, 0.25) is 0 Å². The first-order chi connectivity index (χ1) is 9.72. The van der Waals surface area contributed by atoms with Gasteiger partial charge in [0.1, 0.15) is 18.1 Å². The fourth-order valence-electron chi connectivity index (χ4n) is 2.55. The molecule has 0 unspecified atom stereocenters. The maximum atomic E-state index is 11.2. The normalized spacial score (nSPS) is 14.9. The van der Waals surface area contributed by atoms with E-state index in [1.165, 1.54) is 11.1 Å². The molecule has 2 aromatic carbocycles. The SMILES string of the molecule is Cc1ccc(C2CC(=O)C2)c(OCc2ccccc2)c1. The zero-order chi connectivity index (χ0) is 13.9. The first kappa shape index (κ1) is 12.9.